The zero-order valence-electron chi connectivity index (χ0n) is 13.0. The molecule has 0 aliphatic carbocycles. The molecule has 3 aromatic rings. The summed E-state index contributed by atoms with van der Waals surface area (Å²) in [6.45, 7) is 4.13. The minimum atomic E-state index is -0.910. The quantitative estimate of drug-likeness (QED) is 0.686. The van der Waals surface area contributed by atoms with E-state index in [1.54, 1.807) is 5.38 Å². The van der Waals surface area contributed by atoms with Crippen LogP contribution in [0.4, 0.5) is 17.1 Å². The molecular weight excluding hydrogens is 306 g/mol. The van der Waals surface area contributed by atoms with E-state index in [2.05, 4.69) is 19.9 Å². The van der Waals surface area contributed by atoms with Crippen LogP contribution in [0, 0.1) is 13.8 Å². The molecule has 0 saturated heterocycles. The first kappa shape index (κ1) is 15.3. The van der Waals surface area contributed by atoms with E-state index in [1.165, 1.54) is 16.9 Å². The zero-order chi connectivity index (χ0) is 16.4. The predicted molar refractivity (Wildman–Crippen MR) is 95.4 cm³/mol. The number of carboxylic acids is 1. The summed E-state index contributed by atoms with van der Waals surface area (Å²) in [6.07, 6.45) is 0. The van der Waals surface area contributed by atoms with Crippen LogP contribution in [0.5, 0.6) is 0 Å². The minimum Gasteiger partial charge on any atom is -0.478 e. The lowest BCUT2D eigenvalue weighted by atomic mass is 10.1. The topological polar surface area (TPSA) is 40.5 Å². The molecule has 0 aliphatic rings. The molecule has 0 atom stereocenters. The molecule has 1 aromatic heterocycles. The Kier molecular flexibility index (Phi) is 4.17. The third kappa shape index (κ3) is 2.85. The largest absolute Gasteiger partial charge is 0.478 e. The van der Waals surface area contributed by atoms with Gasteiger partial charge >= 0.3 is 5.97 Å². The average Bonchev–Trinajstić information content (AvgIpc) is 3.02. The number of hydrogen-bond donors (Lipinski definition) is 1. The number of aromatic carboxylic acids is 1. The van der Waals surface area contributed by atoms with E-state index in [9.17, 15) is 9.90 Å². The number of rotatable bonds is 4. The van der Waals surface area contributed by atoms with E-state index >= 15 is 0 Å². The smallest absolute Gasteiger partial charge is 0.338 e. The van der Waals surface area contributed by atoms with Gasteiger partial charge in [-0.15, -0.1) is 11.3 Å². The van der Waals surface area contributed by atoms with Gasteiger partial charge in [0.05, 0.1) is 11.3 Å². The van der Waals surface area contributed by atoms with Crippen molar-refractivity contribution in [3.05, 3.63) is 76.0 Å². The van der Waals surface area contributed by atoms with Crippen LogP contribution in [0.1, 0.15) is 21.5 Å². The Bertz CT molecular complexity index is 840. The van der Waals surface area contributed by atoms with Crippen molar-refractivity contribution in [3.63, 3.8) is 0 Å². The second-order valence-corrected chi connectivity index (χ2v) is 6.11. The van der Waals surface area contributed by atoms with Crippen LogP contribution in [0.2, 0.25) is 0 Å². The molecule has 1 heterocycles. The monoisotopic (exact) mass is 323 g/mol. The molecule has 0 unspecified atom stereocenters. The van der Waals surface area contributed by atoms with Crippen LogP contribution in [0.15, 0.2) is 59.3 Å². The first-order chi connectivity index (χ1) is 11.1. The Hall–Kier alpha value is -2.59. The molecule has 0 radical (unpaired) electrons. The Morgan fingerprint density at radius 1 is 0.957 bits per heavy atom. The molecule has 3 nitrogen and oxygen atoms in total. The third-order valence-corrected chi connectivity index (χ3v) is 4.68. The van der Waals surface area contributed by atoms with E-state index in [0.717, 1.165) is 16.9 Å². The summed E-state index contributed by atoms with van der Waals surface area (Å²) in [5, 5.41) is 13.1. The fourth-order valence-electron chi connectivity index (χ4n) is 2.59. The number of para-hydroxylation sites is 1. The van der Waals surface area contributed by atoms with Crippen molar-refractivity contribution >= 4 is 34.4 Å². The molecule has 0 fully saturated rings. The van der Waals surface area contributed by atoms with E-state index in [1.807, 2.05) is 52.7 Å². The number of carbonyl (C=O) groups is 1. The Morgan fingerprint density at radius 2 is 1.70 bits per heavy atom. The summed E-state index contributed by atoms with van der Waals surface area (Å²) in [7, 11) is 0. The Balaban J connectivity index is 2.25. The van der Waals surface area contributed by atoms with E-state index in [-0.39, 0.29) is 0 Å². The summed E-state index contributed by atoms with van der Waals surface area (Å²) < 4.78 is 0. The minimum absolute atomic E-state index is 0.319. The van der Waals surface area contributed by atoms with Gasteiger partial charge in [0.2, 0.25) is 0 Å². The maximum Gasteiger partial charge on any atom is 0.338 e. The molecule has 3 rings (SSSR count). The van der Waals surface area contributed by atoms with Gasteiger partial charge in [0, 0.05) is 22.1 Å². The molecule has 116 valence electrons. The second-order valence-electron chi connectivity index (χ2n) is 5.37. The lowest BCUT2D eigenvalue weighted by Crippen LogP contribution is -2.14. The van der Waals surface area contributed by atoms with Crippen LogP contribution >= 0.6 is 11.3 Å². The van der Waals surface area contributed by atoms with Crippen LogP contribution in [0.25, 0.3) is 0 Å². The number of anilines is 3. The van der Waals surface area contributed by atoms with Crippen LogP contribution in [-0.2, 0) is 0 Å². The molecule has 0 bridgehead atoms. The normalized spacial score (nSPS) is 10.5. The van der Waals surface area contributed by atoms with Crippen molar-refractivity contribution in [1.29, 1.82) is 0 Å². The van der Waals surface area contributed by atoms with Crippen LogP contribution in [0.3, 0.4) is 0 Å². The summed E-state index contributed by atoms with van der Waals surface area (Å²) >= 11 is 1.40. The van der Waals surface area contributed by atoms with E-state index < -0.39 is 5.97 Å². The molecule has 1 N–H and O–H groups in total. The van der Waals surface area contributed by atoms with Gasteiger partial charge in [0.1, 0.15) is 0 Å². The number of benzene rings is 2. The molecule has 4 heteroatoms. The highest BCUT2D eigenvalue weighted by atomic mass is 32.1. The van der Waals surface area contributed by atoms with Crippen molar-refractivity contribution < 1.29 is 9.90 Å². The molecule has 0 aliphatic heterocycles. The zero-order valence-corrected chi connectivity index (χ0v) is 13.8. The van der Waals surface area contributed by atoms with Crippen molar-refractivity contribution in [1.82, 2.24) is 0 Å². The van der Waals surface area contributed by atoms with Crippen LogP contribution in [-0.4, -0.2) is 11.1 Å². The molecule has 0 amide bonds. The highest BCUT2D eigenvalue weighted by molar-refractivity contribution is 7.08. The van der Waals surface area contributed by atoms with Gasteiger partial charge in [-0.25, -0.2) is 4.79 Å². The first-order valence-electron chi connectivity index (χ1n) is 7.30. The van der Waals surface area contributed by atoms with Crippen molar-refractivity contribution in [3.8, 4) is 0 Å². The maximum absolute atomic E-state index is 11.6. The van der Waals surface area contributed by atoms with Gasteiger partial charge in [-0.05, 0) is 43.2 Å². The molecule has 23 heavy (non-hydrogen) atoms. The Labute approximate surface area is 139 Å². The molecule has 2 aromatic carbocycles. The van der Waals surface area contributed by atoms with Gasteiger partial charge < -0.3 is 10.0 Å². The third-order valence-electron chi connectivity index (χ3n) is 3.94. The highest BCUT2D eigenvalue weighted by Crippen LogP contribution is 2.40. The van der Waals surface area contributed by atoms with Gasteiger partial charge in [0.25, 0.3) is 0 Å². The molecular formula is C19H17NO2S. The Morgan fingerprint density at radius 3 is 2.39 bits per heavy atom. The van der Waals surface area contributed by atoms with Crippen molar-refractivity contribution in [2.45, 2.75) is 13.8 Å². The summed E-state index contributed by atoms with van der Waals surface area (Å²) in [5.74, 6) is -0.910. The maximum atomic E-state index is 11.6. The van der Waals surface area contributed by atoms with Gasteiger partial charge in [-0.3, -0.25) is 0 Å². The SMILES string of the molecule is Cc1cccc(N(c2ccccc2)c2cscc2C(=O)O)c1C. The summed E-state index contributed by atoms with van der Waals surface area (Å²) in [5.41, 5.74) is 5.27. The summed E-state index contributed by atoms with van der Waals surface area (Å²) in [4.78, 5) is 13.6. The lowest BCUT2D eigenvalue weighted by Gasteiger charge is -2.27. The van der Waals surface area contributed by atoms with Gasteiger partial charge in [-0.1, -0.05) is 30.3 Å². The van der Waals surface area contributed by atoms with Crippen molar-refractivity contribution in [2.75, 3.05) is 4.90 Å². The second kappa shape index (κ2) is 6.26. The van der Waals surface area contributed by atoms with Gasteiger partial charge in [-0.2, -0.15) is 0 Å². The van der Waals surface area contributed by atoms with Crippen LogP contribution < -0.4 is 4.90 Å². The van der Waals surface area contributed by atoms with E-state index in [0.29, 0.717) is 11.3 Å². The highest BCUT2D eigenvalue weighted by Gasteiger charge is 2.21. The number of nitrogens with zero attached hydrogens (tertiary/aromatic N) is 1. The number of thiophene rings is 1. The lowest BCUT2D eigenvalue weighted by molar-refractivity contribution is 0.0698. The summed E-state index contributed by atoms with van der Waals surface area (Å²) in [6, 6.07) is 15.9. The van der Waals surface area contributed by atoms with Crippen molar-refractivity contribution in [2.24, 2.45) is 0 Å². The molecule has 0 saturated carbocycles. The molecule has 0 spiro atoms. The predicted octanol–water partition coefficient (Wildman–Crippen LogP) is 5.53. The standard InChI is InChI=1S/C19H17NO2S/c1-13-7-6-10-17(14(13)2)20(15-8-4-3-5-9-15)18-12-23-11-16(18)19(21)22/h3-12H,1-2H3,(H,21,22). The fraction of sp³-hybridized carbons (Fsp3) is 0.105. The average molecular weight is 323 g/mol. The van der Waals surface area contributed by atoms with Gasteiger partial charge in [0.15, 0.2) is 0 Å². The van der Waals surface area contributed by atoms with E-state index in [4.69, 9.17) is 0 Å². The fourth-order valence-corrected chi connectivity index (χ4v) is 3.37. The first-order valence-corrected chi connectivity index (χ1v) is 8.24. The number of aryl methyl sites for hydroxylation is 1. The number of hydrogen-bond acceptors (Lipinski definition) is 3. The number of carboxylic acid groups (broad SMARTS) is 1.